The van der Waals surface area contributed by atoms with Gasteiger partial charge in [0.1, 0.15) is 17.3 Å². The molecule has 132 valence electrons. The molecule has 0 aliphatic heterocycles. The minimum Gasteiger partial charge on any atom is -0.494 e. The van der Waals surface area contributed by atoms with Crippen molar-refractivity contribution in [3.63, 3.8) is 0 Å². The molecule has 1 heterocycles. The number of hydrogen-bond acceptors (Lipinski definition) is 4. The minimum atomic E-state index is -0.423. The Balaban J connectivity index is 1.60. The second-order valence-electron chi connectivity index (χ2n) is 5.37. The molecule has 7 heteroatoms. The SMILES string of the molecule is CCOc1ccc(C=NNC(=O)c2cc(-c3ccc(F)cc3)n[nH]2)cc1. The minimum absolute atomic E-state index is 0.258. The van der Waals surface area contributed by atoms with E-state index in [0.717, 1.165) is 11.3 Å². The van der Waals surface area contributed by atoms with E-state index in [2.05, 4.69) is 20.7 Å². The van der Waals surface area contributed by atoms with Crippen LogP contribution in [0.25, 0.3) is 11.3 Å². The third-order valence-electron chi connectivity index (χ3n) is 3.53. The van der Waals surface area contributed by atoms with Gasteiger partial charge in [-0.3, -0.25) is 9.89 Å². The maximum absolute atomic E-state index is 13.0. The number of hydrogen-bond donors (Lipinski definition) is 2. The predicted molar refractivity (Wildman–Crippen MR) is 96.7 cm³/mol. The van der Waals surface area contributed by atoms with Gasteiger partial charge in [0.15, 0.2) is 0 Å². The first-order valence-corrected chi connectivity index (χ1v) is 8.03. The number of benzene rings is 2. The van der Waals surface area contributed by atoms with Crippen LogP contribution in [0.2, 0.25) is 0 Å². The number of nitrogens with zero attached hydrogens (tertiary/aromatic N) is 2. The lowest BCUT2D eigenvalue weighted by Crippen LogP contribution is -2.17. The highest BCUT2D eigenvalue weighted by atomic mass is 19.1. The lowest BCUT2D eigenvalue weighted by Gasteiger charge is -2.02. The molecule has 3 aromatic rings. The Kier molecular flexibility index (Phi) is 5.38. The van der Waals surface area contributed by atoms with Crippen molar-refractivity contribution in [1.82, 2.24) is 15.6 Å². The quantitative estimate of drug-likeness (QED) is 0.527. The fourth-order valence-corrected chi connectivity index (χ4v) is 2.25. The van der Waals surface area contributed by atoms with Crippen LogP contribution in [0.15, 0.2) is 59.7 Å². The molecule has 2 N–H and O–H groups in total. The molecule has 0 spiro atoms. The lowest BCUT2D eigenvalue weighted by molar-refractivity contribution is 0.0950. The van der Waals surface area contributed by atoms with Crippen LogP contribution in [0.3, 0.4) is 0 Å². The van der Waals surface area contributed by atoms with Crippen molar-refractivity contribution in [3.8, 4) is 17.0 Å². The third kappa shape index (κ3) is 4.32. The van der Waals surface area contributed by atoms with Crippen molar-refractivity contribution in [2.24, 2.45) is 5.10 Å². The molecular formula is C19H17FN4O2. The summed E-state index contributed by atoms with van der Waals surface area (Å²) in [5.41, 5.74) is 4.77. The average molecular weight is 352 g/mol. The fraction of sp³-hybridized carbons (Fsp3) is 0.105. The van der Waals surface area contributed by atoms with Gasteiger partial charge in [-0.15, -0.1) is 0 Å². The first kappa shape index (κ1) is 17.3. The molecular weight excluding hydrogens is 335 g/mol. The van der Waals surface area contributed by atoms with E-state index in [9.17, 15) is 9.18 Å². The van der Waals surface area contributed by atoms with E-state index in [4.69, 9.17) is 4.74 Å². The first-order valence-electron chi connectivity index (χ1n) is 8.03. The molecule has 3 rings (SSSR count). The van der Waals surface area contributed by atoms with Gasteiger partial charge < -0.3 is 4.74 Å². The summed E-state index contributed by atoms with van der Waals surface area (Å²) in [7, 11) is 0. The number of H-pyrrole nitrogens is 1. The molecule has 2 aromatic carbocycles. The third-order valence-corrected chi connectivity index (χ3v) is 3.53. The molecule has 0 unspecified atom stereocenters. The van der Waals surface area contributed by atoms with Gasteiger partial charge in [0.25, 0.3) is 5.91 Å². The molecule has 1 aromatic heterocycles. The molecule has 1 amide bonds. The zero-order valence-corrected chi connectivity index (χ0v) is 14.1. The Morgan fingerprint density at radius 3 is 2.65 bits per heavy atom. The normalized spacial score (nSPS) is 10.8. The highest BCUT2D eigenvalue weighted by molar-refractivity contribution is 5.94. The average Bonchev–Trinajstić information content (AvgIpc) is 3.14. The zero-order valence-electron chi connectivity index (χ0n) is 14.1. The van der Waals surface area contributed by atoms with Crippen LogP contribution >= 0.6 is 0 Å². The summed E-state index contributed by atoms with van der Waals surface area (Å²) in [5.74, 6) is 0.0263. The fourth-order valence-electron chi connectivity index (χ4n) is 2.25. The van der Waals surface area contributed by atoms with E-state index >= 15 is 0 Å². The van der Waals surface area contributed by atoms with Gasteiger partial charge in [0, 0.05) is 5.56 Å². The molecule has 0 saturated carbocycles. The number of hydrazone groups is 1. The maximum Gasteiger partial charge on any atom is 0.289 e. The second-order valence-corrected chi connectivity index (χ2v) is 5.37. The number of halogens is 1. The van der Waals surface area contributed by atoms with Crippen LogP contribution in [-0.2, 0) is 0 Å². The number of nitrogens with one attached hydrogen (secondary N) is 2. The van der Waals surface area contributed by atoms with E-state index in [1.807, 2.05) is 31.2 Å². The Bertz CT molecular complexity index is 902. The standard InChI is InChI=1S/C19H17FN4O2/c1-2-26-16-9-3-13(4-10-16)12-21-24-19(25)18-11-17(22-23-18)14-5-7-15(20)8-6-14/h3-12H,2H2,1H3,(H,22,23)(H,24,25). The second kappa shape index (κ2) is 8.06. The lowest BCUT2D eigenvalue weighted by atomic mass is 10.1. The van der Waals surface area contributed by atoms with Crippen LogP contribution in [0.4, 0.5) is 4.39 Å². The maximum atomic E-state index is 13.0. The Morgan fingerprint density at radius 1 is 1.23 bits per heavy atom. The Morgan fingerprint density at radius 2 is 1.96 bits per heavy atom. The highest BCUT2D eigenvalue weighted by Crippen LogP contribution is 2.18. The molecule has 0 bridgehead atoms. The topological polar surface area (TPSA) is 79.4 Å². The molecule has 0 aliphatic rings. The number of carbonyl (C=O) groups excluding carboxylic acids is 1. The van der Waals surface area contributed by atoms with E-state index in [1.165, 1.54) is 18.3 Å². The molecule has 0 atom stereocenters. The summed E-state index contributed by atoms with van der Waals surface area (Å²) in [6.07, 6.45) is 1.53. The molecule has 26 heavy (non-hydrogen) atoms. The van der Waals surface area contributed by atoms with Crippen molar-refractivity contribution < 1.29 is 13.9 Å². The largest absolute Gasteiger partial charge is 0.494 e. The van der Waals surface area contributed by atoms with Crippen LogP contribution in [0.1, 0.15) is 23.0 Å². The van der Waals surface area contributed by atoms with E-state index in [0.29, 0.717) is 17.9 Å². The van der Waals surface area contributed by atoms with Crippen molar-refractivity contribution >= 4 is 12.1 Å². The number of amides is 1. The smallest absolute Gasteiger partial charge is 0.289 e. The van der Waals surface area contributed by atoms with Crippen LogP contribution in [0, 0.1) is 5.82 Å². The van der Waals surface area contributed by atoms with Gasteiger partial charge in [-0.25, -0.2) is 9.82 Å². The monoisotopic (exact) mass is 352 g/mol. The van der Waals surface area contributed by atoms with Gasteiger partial charge in [-0.1, -0.05) is 0 Å². The summed E-state index contributed by atoms with van der Waals surface area (Å²) < 4.78 is 18.3. The van der Waals surface area contributed by atoms with Gasteiger partial charge in [-0.05, 0) is 67.1 Å². The van der Waals surface area contributed by atoms with Crippen LogP contribution < -0.4 is 10.2 Å². The summed E-state index contributed by atoms with van der Waals surface area (Å²) in [4.78, 5) is 12.1. The number of aromatic amines is 1. The molecule has 6 nitrogen and oxygen atoms in total. The van der Waals surface area contributed by atoms with E-state index in [1.54, 1.807) is 18.2 Å². The molecule has 0 radical (unpaired) electrons. The number of carbonyl (C=O) groups is 1. The number of ether oxygens (including phenoxy) is 1. The summed E-state index contributed by atoms with van der Waals surface area (Å²) >= 11 is 0. The van der Waals surface area contributed by atoms with Crippen LogP contribution in [-0.4, -0.2) is 28.9 Å². The van der Waals surface area contributed by atoms with Crippen molar-refractivity contribution in [2.45, 2.75) is 6.92 Å². The first-order chi connectivity index (χ1) is 12.7. The summed E-state index contributed by atoms with van der Waals surface area (Å²) in [5, 5.41) is 10.6. The van der Waals surface area contributed by atoms with Gasteiger partial charge >= 0.3 is 0 Å². The van der Waals surface area contributed by atoms with Crippen molar-refractivity contribution in [2.75, 3.05) is 6.61 Å². The predicted octanol–water partition coefficient (Wildman–Crippen LogP) is 3.38. The van der Waals surface area contributed by atoms with Gasteiger partial charge in [0.2, 0.25) is 0 Å². The van der Waals surface area contributed by atoms with E-state index in [-0.39, 0.29) is 11.5 Å². The molecule has 0 saturated heterocycles. The number of aromatic nitrogens is 2. The highest BCUT2D eigenvalue weighted by Gasteiger charge is 2.10. The molecule has 0 fully saturated rings. The summed E-state index contributed by atoms with van der Waals surface area (Å²) in [6.45, 7) is 2.52. The van der Waals surface area contributed by atoms with Gasteiger partial charge in [0.05, 0.1) is 18.5 Å². The summed E-state index contributed by atoms with van der Waals surface area (Å²) in [6, 6.07) is 14.8. The van der Waals surface area contributed by atoms with E-state index < -0.39 is 5.91 Å². The van der Waals surface area contributed by atoms with Gasteiger partial charge in [-0.2, -0.15) is 10.2 Å². The van der Waals surface area contributed by atoms with Crippen molar-refractivity contribution in [1.29, 1.82) is 0 Å². The molecule has 0 aliphatic carbocycles. The van der Waals surface area contributed by atoms with Crippen molar-refractivity contribution in [3.05, 3.63) is 71.7 Å². The van der Waals surface area contributed by atoms with Crippen LogP contribution in [0.5, 0.6) is 5.75 Å². The zero-order chi connectivity index (χ0) is 18.4. The Hall–Kier alpha value is -3.48. The Labute approximate surface area is 149 Å². The number of rotatable bonds is 6.